The second kappa shape index (κ2) is 4.10. The minimum Gasteiger partial charge on any atom is -0.466 e. The summed E-state index contributed by atoms with van der Waals surface area (Å²) in [7, 11) is 1.36. The van der Waals surface area contributed by atoms with Crippen molar-refractivity contribution in [3.8, 4) is 0 Å². The van der Waals surface area contributed by atoms with Crippen LogP contribution in [0.1, 0.15) is 18.6 Å². The van der Waals surface area contributed by atoms with Crippen LogP contribution in [0.2, 0.25) is 0 Å². The highest BCUT2D eigenvalue weighted by Crippen LogP contribution is 2.50. The topological polar surface area (TPSA) is 38.8 Å². The van der Waals surface area contributed by atoms with E-state index in [-0.39, 0.29) is 17.7 Å². The smallest absolute Gasteiger partial charge is 0.330 e. The molecule has 1 saturated heterocycles. The molecule has 0 aromatic heterocycles. The highest BCUT2D eigenvalue weighted by molar-refractivity contribution is 5.82. The quantitative estimate of drug-likeness (QED) is 0.443. The number of hydrogen-bond donors (Lipinski definition) is 0. The van der Waals surface area contributed by atoms with Crippen molar-refractivity contribution in [3.63, 3.8) is 0 Å². The molecule has 0 N–H and O–H groups in total. The van der Waals surface area contributed by atoms with Crippen molar-refractivity contribution < 1.29 is 14.3 Å². The van der Waals surface area contributed by atoms with Crippen LogP contribution in [0.3, 0.4) is 0 Å². The van der Waals surface area contributed by atoms with E-state index in [0.717, 1.165) is 5.56 Å². The molecule has 16 heavy (non-hydrogen) atoms. The van der Waals surface area contributed by atoms with Crippen LogP contribution in [0.4, 0.5) is 0 Å². The first kappa shape index (κ1) is 10.9. The number of benzene rings is 1. The summed E-state index contributed by atoms with van der Waals surface area (Å²) in [5.74, 6) is -0.358. The van der Waals surface area contributed by atoms with Crippen molar-refractivity contribution in [3.05, 3.63) is 48.0 Å². The third-order valence-electron chi connectivity index (χ3n) is 2.69. The van der Waals surface area contributed by atoms with E-state index in [1.807, 2.05) is 37.3 Å². The Morgan fingerprint density at radius 1 is 1.44 bits per heavy atom. The normalized spacial score (nSPS) is 28.0. The van der Waals surface area contributed by atoms with E-state index in [4.69, 9.17) is 4.74 Å². The lowest BCUT2D eigenvalue weighted by Crippen LogP contribution is -2.03. The lowest BCUT2D eigenvalue weighted by Gasteiger charge is -1.99. The van der Waals surface area contributed by atoms with Gasteiger partial charge in [-0.15, -0.1) is 0 Å². The molecule has 0 bridgehead atoms. The van der Waals surface area contributed by atoms with Crippen molar-refractivity contribution in [2.24, 2.45) is 0 Å². The molecule has 2 atom stereocenters. The molecule has 1 fully saturated rings. The molecule has 84 valence electrons. The van der Waals surface area contributed by atoms with Gasteiger partial charge in [-0.1, -0.05) is 30.3 Å². The van der Waals surface area contributed by atoms with E-state index >= 15 is 0 Å². The highest BCUT2D eigenvalue weighted by Gasteiger charge is 2.51. The molecule has 1 aromatic rings. The van der Waals surface area contributed by atoms with E-state index in [1.54, 1.807) is 6.08 Å². The summed E-state index contributed by atoms with van der Waals surface area (Å²) in [4.78, 5) is 11.0. The van der Waals surface area contributed by atoms with Gasteiger partial charge in [0.15, 0.2) is 0 Å². The molecule has 0 spiro atoms. The fourth-order valence-corrected chi connectivity index (χ4v) is 1.67. The zero-order valence-corrected chi connectivity index (χ0v) is 9.34. The largest absolute Gasteiger partial charge is 0.466 e. The Balaban J connectivity index is 2.04. The lowest BCUT2D eigenvalue weighted by atomic mass is 10.0. The van der Waals surface area contributed by atoms with E-state index < -0.39 is 0 Å². The van der Waals surface area contributed by atoms with Crippen molar-refractivity contribution >= 4 is 5.97 Å². The van der Waals surface area contributed by atoms with Crippen molar-refractivity contribution in [1.82, 2.24) is 0 Å². The predicted octanol–water partition coefficient (Wildman–Crippen LogP) is 2.25. The zero-order chi connectivity index (χ0) is 11.6. The van der Waals surface area contributed by atoms with Crippen LogP contribution < -0.4 is 0 Å². The molecule has 1 aliphatic rings. The van der Waals surface area contributed by atoms with Crippen LogP contribution >= 0.6 is 0 Å². The molecule has 0 radical (unpaired) electrons. The maximum Gasteiger partial charge on any atom is 0.330 e. The average molecular weight is 218 g/mol. The van der Waals surface area contributed by atoms with Crippen molar-refractivity contribution in [1.29, 1.82) is 0 Å². The maximum atomic E-state index is 11.0. The Kier molecular flexibility index (Phi) is 2.79. The third kappa shape index (κ3) is 2.14. The standard InChI is InChI=1S/C13H14O3/c1-13(9-8-11(14)15-2)12(16-13)10-6-4-3-5-7-10/h3-9,12H,1-2H3. The van der Waals surface area contributed by atoms with E-state index in [0.29, 0.717) is 0 Å². The number of carbonyl (C=O) groups is 1. The van der Waals surface area contributed by atoms with Gasteiger partial charge >= 0.3 is 5.97 Å². The Hall–Kier alpha value is -1.61. The monoisotopic (exact) mass is 218 g/mol. The van der Waals surface area contributed by atoms with Gasteiger partial charge < -0.3 is 9.47 Å². The predicted molar refractivity (Wildman–Crippen MR) is 59.8 cm³/mol. The number of esters is 1. The summed E-state index contributed by atoms with van der Waals surface area (Å²) < 4.78 is 10.1. The van der Waals surface area contributed by atoms with Crippen molar-refractivity contribution in [2.45, 2.75) is 18.6 Å². The summed E-state index contributed by atoms with van der Waals surface area (Å²) in [5.41, 5.74) is 0.745. The molecule has 2 unspecified atom stereocenters. The van der Waals surface area contributed by atoms with E-state index in [1.165, 1.54) is 13.2 Å². The summed E-state index contributed by atoms with van der Waals surface area (Å²) in [6.45, 7) is 1.95. The molecule has 0 amide bonds. The maximum absolute atomic E-state index is 11.0. The lowest BCUT2D eigenvalue weighted by molar-refractivity contribution is -0.134. The molecule has 1 aromatic carbocycles. The van der Waals surface area contributed by atoms with Crippen LogP contribution in [0.15, 0.2) is 42.5 Å². The van der Waals surface area contributed by atoms with E-state index in [9.17, 15) is 4.79 Å². The van der Waals surface area contributed by atoms with E-state index in [2.05, 4.69) is 4.74 Å². The first-order valence-electron chi connectivity index (χ1n) is 5.16. The molecular weight excluding hydrogens is 204 g/mol. The molecule has 3 heteroatoms. The number of hydrogen-bond acceptors (Lipinski definition) is 3. The van der Waals surface area contributed by atoms with Gasteiger partial charge in [-0.25, -0.2) is 4.79 Å². The van der Waals surface area contributed by atoms with Gasteiger partial charge in [-0.2, -0.15) is 0 Å². The second-order valence-corrected chi connectivity index (χ2v) is 3.95. The molecule has 2 rings (SSSR count). The van der Waals surface area contributed by atoms with Crippen LogP contribution in [0.5, 0.6) is 0 Å². The van der Waals surface area contributed by atoms with Crippen LogP contribution in [0.25, 0.3) is 0 Å². The van der Waals surface area contributed by atoms with Gasteiger partial charge in [0.1, 0.15) is 11.7 Å². The Labute approximate surface area is 94.7 Å². The van der Waals surface area contributed by atoms with Gasteiger partial charge in [0.25, 0.3) is 0 Å². The second-order valence-electron chi connectivity index (χ2n) is 3.95. The van der Waals surface area contributed by atoms with Crippen LogP contribution in [0, 0.1) is 0 Å². The van der Waals surface area contributed by atoms with Gasteiger partial charge in [0, 0.05) is 6.08 Å². The van der Waals surface area contributed by atoms with Crippen molar-refractivity contribution in [2.75, 3.05) is 7.11 Å². The Bertz CT molecular complexity index is 410. The van der Waals surface area contributed by atoms with Gasteiger partial charge in [0.2, 0.25) is 0 Å². The molecule has 1 aliphatic heterocycles. The SMILES string of the molecule is COC(=O)C=CC1(C)OC1c1ccccc1. The molecular formula is C13H14O3. The zero-order valence-electron chi connectivity index (χ0n) is 9.34. The number of carbonyl (C=O) groups excluding carboxylic acids is 1. The highest BCUT2D eigenvalue weighted by atomic mass is 16.6. The molecule has 3 nitrogen and oxygen atoms in total. The third-order valence-corrected chi connectivity index (χ3v) is 2.69. The summed E-state index contributed by atoms with van der Waals surface area (Å²) in [6.07, 6.45) is 3.19. The molecule has 0 aliphatic carbocycles. The number of ether oxygens (including phenoxy) is 2. The fraction of sp³-hybridized carbons (Fsp3) is 0.308. The fourth-order valence-electron chi connectivity index (χ4n) is 1.67. The first-order chi connectivity index (χ1) is 7.65. The van der Waals surface area contributed by atoms with Gasteiger partial charge in [-0.05, 0) is 18.6 Å². The first-order valence-corrected chi connectivity index (χ1v) is 5.16. The Morgan fingerprint density at radius 2 is 2.12 bits per heavy atom. The van der Waals surface area contributed by atoms with Crippen LogP contribution in [-0.2, 0) is 14.3 Å². The molecule has 1 heterocycles. The van der Waals surface area contributed by atoms with Crippen LogP contribution in [-0.4, -0.2) is 18.7 Å². The average Bonchev–Trinajstić information content (AvgIpc) is 3.00. The summed E-state index contributed by atoms with van der Waals surface area (Å²) in [6, 6.07) is 9.94. The number of rotatable bonds is 3. The summed E-state index contributed by atoms with van der Waals surface area (Å²) in [5, 5.41) is 0. The number of epoxide rings is 1. The minimum atomic E-state index is -0.379. The summed E-state index contributed by atoms with van der Waals surface area (Å²) >= 11 is 0. The van der Waals surface area contributed by atoms with Gasteiger partial charge in [-0.3, -0.25) is 0 Å². The minimum absolute atomic E-state index is 0.0367. The van der Waals surface area contributed by atoms with Gasteiger partial charge in [0.05, 0.1) is 7.11 Å². The molecule has 0 saturated carbocycles. The number of methoxy groups -OCH3 is 1. The Morgan fingerprint density at radius 3 is 2.75 bits per heavy atom.